The Labute approximate surface area is 152 Å². The van der Waals surface area contributed by atoms with Gasteiger partial charge in [0.25, 0.3) is 5.91 Å². The van der Waals surface area contributed by atoms with E-state index in [1.165, 1.54) is 11.0 Å². The summed E-state index contributed by atoms with van der Waals surface area (Å²) in [4.78, 5) is 25.6. The monoisotopic (exact) mass is 353 g/mol. The maximum atomic E-state index is 12.2. The van der Waals surface area contributed by atoms with E-state index < -0.39 is 0 Å². The van der Waals surface area contributed by atoms with Gasteiger partial charge in [0.2, 0.25) is 5.91 Å². The lowest BCUT2D eigenvalue weighted by atomic mass is 10.1. The van der Waals surface area contributed by atoms with Gasteiger partial charge in [-0.25, -0.2) is 0 Å². The van der Waals surface area contributed by atoms with E-state index in [1.807, 2.05) is 30.3 Å². The van der Waals surface area contributed by atoms with Gasteiger partial charge in [-0.2, -0.15) is 0 Å². The van der Waals surface area contributed by atoms with Gasteiger partial charge >= 0.3 is 0 Å². The van der Waals surface area contributed by atoms with Crippen LogP contribution in [0.5, 0.6) is 0 Å². The molecule has 25 heavy (non-hydrogen) atoms. The molecule has 0 atom stereocenters. The number of carbonyl (C=O) groups excluding carboxylic acids is 2. The molecule has 2 aromatic rings. The molecule has 2 aromatic carbocycles. The zero-order valence-corrected chi connectivity index (χ0v) is 14.8. The van der Waals surface area contributed by atoms with Crippen molar-refractivity contribution in [3.05, 3.63) is 71.8 Å². The van der Waals surface area contributed by atoms with Gasteiger partial charge in [-0.15, -0.1) is 0 Å². The maximum absolute atomic E-state index is 12.2. The van der Waals surface area contributed by atoms with Crippen LogP contribution in [0.1, 0.15) is 15.9 Å². The average Bonchev–Trinajstić information content (AvgIpc) is 2.60. The number of hydrogen-bond donors (Lipinski definition) is 2. The Hall–Kier alpha value is -2.99. The summed E-state index contributed by atoms with van der Waals surface area (Å²) in [7, 11) is 3.35. The zero-order valence-electron chi connectivity index (χ0n) is 14.0. The van der Waals surface area contributed by atoms with Crippen LogP contribution < -0.4 is 10.6 Å². The lowest BCUT2D eigenvalue weighted by Crippen LogP contribution is -2.33. The normalized spacial score (nSPS) is 10.3. The van der Waals surface area contributed by atoms with Gasteiger partial charge in [0.1, 0.15) is 0 Å². The number of anilines is 1. The van der Waals surface area contributed by atoms with E-state index in [1.54, 1.807) is 44.4 Å². The van der Waals surface area contributed by atoms with E-state index in [0.717, 1.165) is 5.56 Å². The van der Waals surface area contributed by atoms with Crippen LogP contribution in [0, 0.1) is 0 Å². The minimum absolute atomic E-state index is 0.127. The van der Waals surface area contributed by atoms with Gasteiger partial charge in [0.05, 0.1) is 11.3 Å². The highest BCUT2D eigenvalue weighted by Gasteiger charge is 2.13. The minimum Gasteiger partial charge on any atom is -0.345 e. The average molecular weight is 353 g/mol. The molecule has 0 aliphatic carbocycles. The fraction of sp³-hybridized carbons (Fsp3) is 0.105. The van der Waals surface area contributed by atoms with Crippen LogP contribution in [0.3, 0.4) is 0 Å². The predicted molar refractivity (Wildman–Crippen MR) is 104 cm³/mol. The molecule has 0 saturated heterocycles. The number of benzene rings is 2. The maximum Gasteiger partial charge on any atom is 0.255 e. The van der Waals surface area contributed by atoms with Crippen LogP contribution in [0.25, 0.3) is 6.08 Å². The summed E-state index contributed by atoms with van der Waals surface area (Å²) in [5.41, 5.74) is 1.93. The Morgan fingerprint density at radius 2 is 1.64 bits per heavy atom. The Balaban J connectivity index is 2.00. The van der Waals surface area contributed by atoms with Crippen molar-refractivity contribution in [1.29, 1.82) is 0 Å². The van der Waals surface area contributed by atoms with Crippen LogP contribution in [-0.2, 0) is 4.79 Å². The number of thiocarbonyl (C=S) groups is 1. The molecule has 2 amide bonds. The SMILES string of the molecule is CN(C)C(=O)c1ccccc1NC(=S)NC(=O)/C=C/c1ccccc1. The highest BCUT2D eigenvalue weighted by molar-refractivity contribution is 7.80. The first-order chi connectivity index (χ1) is 12.0. The molecule has 0 aromatic heterocycles. The number of carbonyl (C=O) groups is 2. The van der Waals surface area contributed by atoms with Crippen molar-refractivity contribution < 1.29 is 9.59 Å². The summed E-state index contributed by atoms with van der Waals surface area (Å²) in [5, 5.41) is 5.58. The van der Waals surface area contributed by atoms with E-state index in [4.69, 9.17) is 12.2 Å². The van der Waals surface area contributed by atoms with Crippen molar-refractivity contribution in [1.82, 2.24) is 10.2 Å². The molecule has 0 aliphatic heterocycles. The molecule has 2 rings (SSSR count). The van der Waals surface area contributed by atoms with Crippen LogP contribution in [0.4, 0.5) is 5.69 Å². The molecular formula is C19H19N3O2S. The molecule has 0 radical (unpaired) electrons. The Bertz CT molecular complexity index is 801. The molecule has 0 heterocycles. The molecule has 0 spiro atoms. The number of nitrogens with one attached hydrogen (secondary N) is 2. The number of nitrogens with zero attached hydrogens (tertiary/aromatic N) is 1. The third-order valence-corrected chi connectivity index (χ3v) is 3.48. The van der Waals surface area contributed by atoms with Gasteiger partial charge in [-0.1, -0.05) is 42.5 Å². The number of para-hydroxylation sites is 1. The van der Waals surface area contributed by atoms with Crippen molar-refractivity contribution >= 4 is 40.9 Å². The third-order valence-electron chi connectivity index (χ3n) is 3.28. The smallest absolute Gasteiger partial charge is 0.255 e. The van der Waals surface area contributed by atoms with Crippen LogP contribution in [-0.4, -0.2) is 35.9 Å². The second kappa shape index (κ2) is 8.75. The fourth-order valence-electron chi connectivity index (χ4n) is 2.06. The van der Waals surface area contributed by atoms with E-state index in [9.17, 15) is 9.59 Å². The van der Waals surface area contributed by atoms with Crippen molar-refractivity contribution in [3.8, 4) is 0 Å². The molecule has 128 valence electrons. The summed E-state index contributed by atoms with van der Waals surface area (Å²) >= 11 is 5.15. The van der Waals surface area contributed by atoms with Crippen molar-refractivity contribution in [2.75, 3.05) is 19.4 Å². The fourth-order valence-corrected chi connectivity index (χ4v) is 2.27. The van der Waals surface area contributed by atoms with Crippen molar-refractivity contribution in [3.63, 3.8) is 0 Å². The summed E-state index contributed by atoms with van der Waals surface area (Å²) in [6.45, 7) is 0. The second-order valence-electron chi connectivity index (χ2n) is 5.43. The first-order valence-electron chi connectivity index (χ1n) is 7.63. The highest BCUT2D eigenvalue weighted by Crippen LogP contribution is 2.16. The zero-order chi connectivity index (χ0) is 18.2. The third kappa shape index (κ3) is 5.54. The van der Waals surface area contributed by atoms with Crippen molar-refractivity contribution in [2.45, 2.75) is 0 Å². The molecule has 0 saturated carbocycles. The molecule has 0 fully saturated rings. The second-order valence-corrected chi connectivity index (χ2v) is 5.84. The summed E-state index contributed by atoms with van der Waals surface area (Å²) in [5.74, 6) is -0.501. The van der Waals surface area contributed by atoms with Gasteiger partial charge in [-0.05, 0) is 36.0 Å². The van der Waals surface area contributed by atoms with Gasteiger partial charge in [-0.3, -0.25) is 14.9 Å². The van der Waals surface area contributed by atoms with Crippen molar-refractivity contribution in [2.24, 2.45) is 0 Å². The van der Waals surface area contributed by atoms with Gasteiger partial charge in [0, 0.05) is 20.2 Å². The number of rotatable bonds is 4. The van der Waals surface area contributed by atoms with E-state index in [2.05, 4.69) is 10.6 Å². The Morgan fingerprint density at radius 1 is 1.00 bits per heavy atom. The quantitative estimate of drug-likeness (QED) is 0.655. The lowest BCUT2D eigenvalue weighted by Gasteiger charge is -2.15. The summed E-state index contributed by atoms with van der Waals surface area (Å²) in [6, 6.07) is 16.5. The number of hydrogen-bond acceptors (Lipinski definition) is 3. The Kier molecular flexibility index (Phi) is 6.42. The molecular weight excluding hydrogens is 334 g/mol. The molecule has 0 aliphatic rings. The number of amides is 2. The Morgan fingerprint density at radius 3 is 2.32 bits per heavy atom. The molecule has 6 heteroatoms. The summed E-state index contributed by atoms with van der Waals surface area (Å²) < 4.78 is 0. The van der Waals surface area contributed by atoms with E-state index >= 15 is 0 Å². The van der Waals surface area contributed by atoms with Crippen LogP contribution in [0.15, 0.2) is 60.7 Å². The molecule has 5 nitrogen and oxygen atoms in total. The van der Waals surface area contributed by atoms with Gasteiger partial charge in [0.15, 0.2) is 5.11 Å². The van der Waals surface area contributed by atoms with E-state index in [0.29, 0.717) is 11.3 Å². The predicted octanol–water partition coefficient (Wildman–Crippen LogP) is 2.91. The highest BCUT2D eigenvalue weighted by atomic mass is 32.1. The first-order valence-corrected chi connectivity index (χ1v) is 8.04. The topological polar surface area (TPSA) is 61.4 Å². The molecule has 2 N–H and O–H groups in total. The largest absolute Gasteiger partial charge is 0.345 e. The minimum atomic E-state index is -0.349. The molecule has 0 bridgehead atoms. The van der Waals surface area contributed by atoms with Crippen LogP contribution >= 0.6 is 12.2 Å². The first kappa shape index (κ1) is 18.4. The standard InChI is InChI=1S/C19H19N3O2S/c1-22(2)18(24)15-10-6-7-11-16(15)20-19(25)21-17(23)13-12-14-8-4-3-5-9-14/h3-13H,1-2H3,(H2,20,21,23,25)/b13-12+. The van der Waals surface area contributed by atoms with Crippen LogP contribution in [0.2, 0.25) is 0 Å². The van der Waals surface area contributed by atoms with E-state index in [-0.39, 0.29) is 16.9 Å². The molecule has 0 unspecified atom stereocenters. The summed E-state index contributed by atoms with van der Waals surface area (Å²) in [6.07, 6.45) is 3.10. The lowest BCUT2D eigenvalue weighted by molar-refractivity contribution is -0.115. The van der Waals surface area contributed by atoms with Gasteiger partial charge < -0.3 is 10.2 Å².